The first kappa shape index (κ1) is 14.3. The fourth-order valence-electron chi connectivity index (χ4n) is 2.27. The number of nitrogens with two attached hydrogens (primary N) is 1. The van der Waals surface area contributed by atoms with Gasteiger partial charge in [0, 0.05) is 18.3 Å². The third-order valence-electron chi connectivity index (χ3n) is 3.51. The fourth-order valence-corrected chi connectivity index (χ4v) is 2.27. The minimum Gasteiger partial charge on any atom is -0.383 e. The van der Waals surface area contributed by atoms with Gasteiger partial charge in [-0.3, -0.25) is 0 Å². The summed E-state index contributed by atoms with van der Waals surface area (Å²) in [5.41, 5.74) is 9.46. The number of nitrogen functional groups attached to an aromatic ring is 1. The maximum Gasteiger partial charge on any atom is 0.141 e. The van der Waals surface area contributed by atoms with Crippen LogP contribution in [0.1, 0.15) is 31.4 Å². The highest BCUT2D eigenvalue weighted by Crippen LogP contribution is 2.28. The Labute approximate surface area is 120 Å². The maximum absolute atomic E-state index is 5.99. The van der Waals surface area contributed by atoms with Crippen LogP contribution in [0.15, 0.2) is 30.6 Å². The molecule has 0 fully saturated rings. The van der Waals surface area contributed by atoms with Gasteiger partial charge in [0.1, 0.15) is 18.0 Å². The third-order valence-corrected chi connectivity index (χ3v) is 3.51. The highest BCUT2D eigenvalue weighted by atomic mass is 15.2. The molecule has 1 aromatic carbocycles. The van der Waals surface area contributed by atoms with Crippen LogP contribution in [0.5, 0.6) is 0 Å². The number of hydrogen-bond donors (Lipinski definition) is 1. The summed E-state index contributed by atoms with van der Waals surface area (Å²) in [5, 5.41) is 0. The minimum atomic E-state index is 0.578. The molecule has 0 unspecified atom stereocenters. The van der Waals surface area contributed by atoms with E-state index in [0.29, 0.717) is 5.82 Å². The summed E-state index contributed by atoms with van der Waals surface area (Å²) < 4.78 is 0. The van der Waals surface area contributed by atoms with Crippen molar-refractivity contribution in [2.24, 2.45) is 0 Å². The summed E-state index contributed by atoms with van der Waals surface area (Å²) in [4.78, 5) is 10.6. The third kappa shape index (κ3) is 2.90. The largest absolute Gasteiger partial charge is 0.383 e. The molecule has 0 amide bonds. The number of benzene rings is 1. The van der Waals surface area contributed by atoms with Gasteiger partial charge in [0.25, 0.3) is 0 Å². The molecule has 1 aromatic heterocycles. The minimum absolute atomic E-state index is 0.578. The van der Waals surface area contributed by atoms with E-state index in [4.69, 9.17) is 5.73 Å². The van der Waals surface area contributed by atoms with Crippen LogP contribution in [-0.4, -0.2) is 17.0 Å². The van der Waals surface area contributed by atoms with Crippen molar-refractivity contribution in [2.45, 2.75) is 33.1 Å². The topological polar surface area (TPSA) is 55.0 Å². The van der Waals surface area contributed by atoms with E-state index >= 15 is 0 Å². The Kier molecular flexibility index (Phi) is 4.56. The molecule has 0 saturated heterocycles. The molecule has 2 rings (SSSR count). The van der Waals surface area contributed by atoms with Crippen molar-refractivity contribution in [1.82, 2.24) is 9.97 Å². The summed E-state index contributed by atoms with van der Waals surface area (Å²) in [7, 11) is 2.02. The van der Waals surface area contributed by atoms with E-state index in [0.717, 1.165) is 36.3 Å². The Bertz CT molecular complexity index is 563. The molecule has 0 aliphatic heterocycles. The van der Waals surface area contributed by atoms with Crippen molar-refractivity contribution in [3.05, 3.63) is 41.7 Å². The molecule has 0 radical (unpaired) electrons. The van der Waals surface area contributed by atoms with Gasteiger partial charge >= 0.3 is 0 Å². The first-order chi connectivity index (χ1) is 9.67. The molecule has 0 spiro atoms. The lowest BCUT2D eigenvalue weighted by Crippen LogP contribution is -2.15. The van der Waals surface area contributed by atoms with Crippen LogP contribution in [0.3, 0.4) is 0 Å². The molecular weight excluding hydrogens is 248 g/mol. The second kappa shape index (κ2) is 6.37. The molecule has 2 N–H and O–H groups in total. The number of rotatable bonds is 5. The molecule has 0 bridgehead atoms. The molecule has 4 nitrogen and oxygen atoms in total. The predicted octanol–water partition coefficient (Wildman–Crippen LogP) is 3.34. The molecule has 0 aliphatic rings. The monoisotopic (exact) mass is 270 g/mol. The molecule has 20 heavy (non-hydrogen) atoms. The number of aryl methyl sites for hydroxylation is 1. The van der Waals surface area contributed by atoms with E-state index in [1.54, 1.807) is 0 Å². The summed E-state index contributed by atoms with van der Waals surface area (Å²) >= 11 is 0. The Balaban J connectivity index is 2.36. The van der Waals surface area contributed by atoms with Crippen LogP contribution in [-0.2, 0) is 12.8 Å². The summed E-state index contributed by atoms with van der Waals surface area (Å²) in [6.07, 6.45) is 4.48. The molecule has 4 heteroatoms. The predicted molar refractivity (Wildman–Crippen MR) is 84.3 cm³/mol. The van der Waals surface area contributed by atoms with Gasteiger partial charge in [-0.25, -0.2) is 9.97 Å². The normalized spacial score (nSPS) is 10.6. The Morgan fingerprint density at radius 1 is 1.10 bits per heavy atom. The standard InChI is InChI=1S/C16H22N4/c1-4-6-14-15(17)18-11-19-16(14)20(3)13-9-7-12(5-2)8-10-13/h7-11H,4-6H2,1-3H3,(H2,17,18,19). The SMILES string of the molecule is CCCc1c(N)ncnc1N(C)c1ccc(CC)cc1. The maximum atomic E-state index is 5.99. The van der Waals surface area contributed by atoms with Crippen molar-refractivity contribution in [3.8, 4) is 0 Å². The van der Waals surface area contributed by atoms with Crippen LogP contribution in [0.2, 0.25) is 0 Å². The zero-order valence-electron chi connectivity index (χ0n) is 12.4. The van der Waals surface area contributed by atoms with Gasteiger partial charge in [0.05, 0.1) is 0 Å². The summed E-state index contributed by atoms with van der Waals surface area (Å²) in [6.45, 7) is 4.29. The van der Waals surface area contributed by atoms with E-state index in [1.165, 1.54) is 11.9 Å². The van der Waals surface area contributed by atoms with E-state index in [-0.39, 0.29) is 0 Å². The van der Waals surface area contributed by atoms with Crippen molar-refractivity contribution < 1.29 is 0 Å². The van der Waals surface area contributed by atoms with Crippen LogP contribution >= 0.6 is 0 Å². The highest BCUT2D eigenvalue weighted by Gasteiger charge is 2.13. The summed E-state index contributed by atoms with van der Waals surface area (Å²) in [5.74, 6) is 1.47. The number of nitrogens with zero attached hydrogens (tertiary/aromatic N) is 3. The van der Waals surface area contributed by atoms with Crippen LogP contribution in [0, 0.1) is 0 Å². The van der Waals surface area contributed by atoms with E-state index in [2.05, 4.69) is 53.0 Å². The average molecular weight is 270 g/mol. The van der Waals surface area contributed by atoms with E-state index < -0.39 is 0 Å². The van der Waals surface area contributed by atoms with Gasteiger partial charge in [-0.05, 0) is 30.5 Å². The van der Waals surface area contributed by atoms with Crippen LogP contribution in [0.4, 0.5) is 17.3 Å². The van der Waals surface area contributed by atoms with Crippen LogP contribution < -0.4 is 10.6 Å². The second-order valence-electron chi connectivity index (χ2n) is 4.89. The molecular formula is C16H22N4. The Morgan fingerprint density at radius 3 is 2.40 bits per heavy atom. The van der Waals surface area contributed by atoms with Crippen molar-refractivity contribution in [3.63, 3.8) is 0 Å². The van der Waals surface area contributed by atoms with Gasteiger partial charge in [-0.2, -0.15) is 0 Å². The van der Waals surface area contributed by atoms with E-state index in [1.807, 2.05) is 7.05 Å². The van der Waals surface area contributed by atoms with Gasteiger partial charge in [-0.1, -0.05) is 32.4 Å². The molecule has 0 atom stereocenters. The zero-order chi connectivity index (χ0) is 14.5. The molecule has 0 aliphatic carbocycles. The fraction of sp³-hybridized carbons (Fsp3) is 0.375. The first-order valence-corrected chi connectivity index (χ1v) is 7.09. The Morgan fingerprint density at radius 2 is 1.80 bits per heavy atom. The first-order valence-electron chi connectivity index (χ1n) is 7.09. The average Bonchev–Trinajstić information content (AvgIpc) is 2.49. The van der Waals surface area contributed by atoms with Gasteiger partial charge < -0.3 is 10.6 Å². The van der Waals surface area contributed by atoms with Gasteiger partial charge in [0.15, 0.2) is 0 Å². The zero-order valence-corrected chi connectivity index (χ0v) is 12.4. The van der Waals surface area contributed by atoms with Crippen molar-refractivity contribution in [1.29, 1.82) is 0 Å². The molecule has 106 valence electrons. The lowest BCUT2D eigenvalue weighted by atomic mass is 10.1. The quantitative estimate of drug-likeness (QED) is 0.905. The molecule has 1 heterocycles. The van der Waals surface area contributed by atoms with Crippen molar-refractivity contribution in [2.75, 3.05) is 17.7 Å². The molecule has 0 saturated carbocycles. The van der Waals surface area contributed by atoms with Gasteiger partial charge in [0.2, 0.25) is 0 Å². The Hall–Kier alpha value is -2.10. The lowest BCUT2D eigenvalue weighted by Gasteiger charge is -2.22. The number of aromatic nitrogens is 2. The van der Waals surface area contributed by atoms with E-state index in [9.17, 15) is 0 Å². The number of hydrogen-bond acceptors (Lipinski definition) is 4. The van der Waals surface area contributed by atoms with Crippen LogP contribution in [0.25, 0.3) is 0 Å². The smallest absolute Gasteiger partial charge is 0.141 e. The highest BCUT2D eigenvalue weighted by molar-refractivity contribution is 5.66. The van der Waals surface area contributed by atoms with Crippen molar-refractivity contribution >= 4 is 17.3 Å². The molecule has 2 aromatic rings. The van der Waals surface area contributed by atoms with Gasteiger partial charge in [-0.15, -0.1) is 0 Å². The summed E-state index contributed by atoms with van der Waals surface area (Å²) in [6, 6.07) is 8.53. The lowest BCUT2D eigenvalue weighted by molar-refractivity contribution is 0.896. The number of anilines is 3. The second-order valence-corrected chi connectivity index (χ2v) is 4.89.